The first-order valence-electron chi connectivity index (χ1n) is 6.43. The molecule has 2 atom stereocenters. The van der Waals surface area contributed by atoms with Crippen molar-refractivity contribution in [2.75, 3.05) is 6.54 Å². The van der Waals surface area contributed by atoms with Gasteiger partial charge in [0.1, 0.15) is 5.69 Å². The highest BCUT2D eigenvalue weighted by molar-refractivity contribution is 9.10. The summed E-state index contributed by atoms with van der Waals surface area (Å²) < 4.78 is 6.32. The molecule has 1 saturated heterocycles. The fourth-order valence-electron chi connectivity index (χ4n) is 2.35. The summed E-state index contributed by atoms with van der Waals surface area (Å²) in [6.45, 7) is 3.21. The number of halogens is 1. The minimum Gasteiger partial charge on any atom is -0.337 e. The fourth-order valence-corrected chi connectivity index (χ4v) is 2.59. The molecule has 2 unspecified atom stereocenters. The van der Waals surface area contributed by atoms with Gasteiger partial charge in [-0.25, -0.2) is 0 Å². The number of hydrogen-bond donors (Lipinski definition) is 1. The predicted molar refractivity (Wildman–Crippen MR) is 74.4 cm³/mol. The Hall–Kier alpha value is -1.27. The van der Waals surface area contributed by atoms with E-state index in [1.807, 2.05) is 12.1 Å². The lowest BCUT2D eigenvalue weighted by molar-refractivity contribution is 0.239. The van der Waals surface area contributed by atoms with E-state index >= 15 is 0 Å². The molecule has 0 saturated carbocycles. The van der Waals surface area contributed by atoms with Gasteiger partial charge in [-0.2, -0.15) is 4.98 Å². The van der Waals surface area contributed by atoms with Crippen LogP contribution in [0.1, 0.15) is 31.7 Å². The van der Waals surface area contributed by atoms with Gasteiger partial charge in [-0.3, -0.25) is 4.98 Å². The summed E-state index contributed by atoms with van der Waals surface area (Å²) in [5.74, 6) is 1.72. The highest BCUT2D eigenvalue weighted by Crippen LogP contribution is 2.28. The van der Waals surface area contributed by atoms with Gasteiger partial charge < -0.3 is 9.84 Å². The zero-order valence-electron chi connectivity index (χ0n) is 10.6. The summed E-state index contributed by atoms with van der Waals surface area (Å²) in [5, 5.41) is 7.46. The number of rotatable bonds is 2. The van der Waals surface area contributed by atoms with E-state index in [1.165, 1.54) is 12.8 Å². The Bertz CT molecular complexity index is 554. The van der Waals surface area contributed by atoms with Crippen LogP contribution < -0.4 is 5.32 Å². The van der Waals surface area contributed by atoms with Crippen molar-refractivity contribution in [1.29, 1.82) is 0 Å². The van der Waals surface area contributed by atoms with E-state index in [9.17, 15) is 0 Å². The Kier molecular flexibility index (Phi) is 3.61. The Morgan fingerprint density at radius 2 is 2.32 bits per heavy atom. The molecule has 0 amide bonds. The lowest BCUT2D eigenvalue weighted by Gasteiger charge is -2.26. The summed E-state index contributed by atoms with van der Waals surface area (Å²) in [7, 11) is 0. The van der Waals surface area contributed by atoms with Crippen molar-refractivity contribution < 1.29 is 4.52 Å². The molecule has 6 heteroatoms. The molecule has 3 heterocycles. The highest BCUT2D eigenvalue weighted by atomic mass is 79.9. The molecule has 2 aromatic heterocycles. The molecule has 0 aliphatic carbocycles. The van der Waals surface area contributed by atoms with Gasteiger partial charge in [0.15, 0.2) is 0 Å². The number of nitrogens with zero attached hydrogens (tertiary/aromatic N) is 3. The molecule has 0 bridgehead atoms. The zero-order valence-corrected chi connectivity index (χ0v) is 12.2. The quantitative estimate of drug-likeness (QED) is 0.920. The smallest absolute Gasteiger partial charge is 0.244 e. The van der Waals surface area contributed by atoms with Crippen LogP contribution in [-0.4, -0.2) is 21.7 Å². The SMILES string of the molecule is CC1CCCNC1c1nc(-c2ccc(Br)cn2)no1. The number of pyridine rings is 1. The maximum atomic E-state index is 5.38. The van der Waals surface area contributed by atoms with Gasteiger partial charge in [-0.05, 0) is 53.4 Å². The summed E-state index contributed by atoms with van der Waals surface area (Å²) in [5.41, 5.74) is 0.724. The van der Waals surface area contributed by atoms with E-state index in [2.05, 4.69) is 43.3 Å². The van der Waals surface area contributed by atoms with Gasteiger partial charge in [0.05, 0.1) is 6.04 Å². The molecule has 0 radical (unpaired) electrons. The fraction of sp³-hybridized carbons (Fsp3) is 0.462. The number of piperidine rings is 1. The van der Waals surface area contributed by atoms with Crippen LogP contribution in [0.25, 0.3) is 11.5 Å². The molecule has 0 aromatic carbocycles. The molecule has 3 rings (SSSR count). The molecule has 19 heavy (non-hydrogen) atoms. The summed E-state index contributed by atoms with van der Waals surface area (Å²) in [4.78, 5) is 8.74. The predicted octanol–water partition coefficient (Wildman–Crippen LogP) is 2.95. The second kappa shape index (κ2) is 5.38. The van der Waals surface area contributed by atoms with Crippen LogP contribution in [0.3, 0.4) is 0 Å². The molecule has 0 spiro atoms. The first kappa shape index (κ1) is 12.7. The van der Waals surface area contributed by atoms with Crippen LogP contribution in [-0.2, 0) is 0 Å². The largest absolute Gasteiger partial charge is 0.337 e. The van der Waals surface area contributed by atoms with Crippen LogP contribution in [0.5, 0.6) is 0 Å². The molecular formula is C13H15BrN4O. The van der Waals surface area contributed by atoms with Crippen molar-refractivity contribution in [3.8, 4) is 11.5 Å². The van der Waals surface area contributed by atoms with Gasteiger partial charge in [0, 0.05) is 10.7 Å². The molecule has 1 fully saturated rings. The normalized spacial score (nSPS) is 23.5. The molecular weight excluding hydrogens is 308 g/mol. The van der Waals surface area contributed by atoms with Crippen molar-refractivity contribution in [3.05, 3.63) is 28.7 Å². The third-order valence-corrected chi connectivity index (χ3v) is 3.90. The number of aromatic nitrogens is 3. The second-order valence-corrected chi connectivity index (χ2v) is 5.78. The minimum atomic E-state index is 0.158. The van der Waals surface area contributed by atoms with Crippen molar-refractivity contribution in [3.63, 3.8) is 0 Å². The zero-order chi connectivity index (χ0) is 13.2. The molecule has 5 nitrogen and oxygen atoms in total. The Labute approximate surface area is 119 Å². The van der Waals surface area contributed by atoms with Crippen LogP contribution >= 0.6 is 15.9 Å². The molecule has 2 aromatic rings. The van der Waals surface area contributed by atoms with Crippen molar-refractivity contribution in [2.45, 2.75) is 25.8 Å². The number of hydrogen-bond acceptors (Lipinski definition) is 5. The average Bonchev–Trinajstić information content (AvgIpc) is 2.89. The topological polar surface area (TPSA) is 63.8 Å². The third-order valence-electron chi connectivity index (χ3n) is 3.43. The molecule has 1 aliphatic heterocycles. The van der Waals surface area contributed by atoms with E-state index in [0.717, 1.165) is 16.7 Å². The molecule has 1 N–H and O–H groups in total. The maximum absolute atomic E-state index is 5.38. The Morgan fingerprint density at radius 1 is 1.42 bits per heavy atom. The number of nitrogens with one attached hydrogen (secondary N) is 1. The summed E-state index contributed by atoms with van der Waals surface area (Å²) in [6, 6.07) is 3.95. The minimum absolute atomic E-state index is 0.158. The summed E-state index contributed by atoms with van der Waals surface area (Å²) in [6.07, 6.45) is 4.12. The van der Waals surface area contributed by atoms with E-state index in [0.29, 0.717) is 17.6 Å². The third kappa shape index (κ3) is 2.69. The van der Waals surface area contributed by atoms with Crippen molar-refractivity contribution in [2.24, 2.45) is 5.92 Å². The van der Waals surface area contributed by atoms with E-state index in [1.54, 1.807) is 6.20 Å². The maximum Gasteiger partial charge on any atom is 0.244 e. The van der Waals surface area contributed by atoms with Gasteiger partial charge in [0.2, 0.25) is 11.7 Å². The van der Waals surface area contributed by atoms with E-state index < -0.39 is 0 Å². The Morgan fingerprint density at radius 3 is 3.05 bits per heavy atom. The van der Waals surface area contributed by atoms with Crippen LogP contribution in [0.15, 0.2) is 27.3 Å². The van der Waals surface area contributed by atoms with Gasteiger partial charge in [0.25, 0.3) is 0 Å². The van der Waals surface area contributed by atoms with Crippen LogP contribution in [0.4, 0.5) is 0 Å². The molecule has 1 aliphatic rings. The van der Waals surface area contributed by atoms with Gasteiger partial charge >= 0.3 is 0 Å². The molecule has 100 valence electrons. The van der Waals surface area contributed by atoms with Crippen molar-refractivity contribution in [1.82, 2.24) is 20.4 Å². The lowest BCUT2D eigenvalue weighted by atomic mass is 9.93. The van der Waals surface area contributed by atoms with Crippen LogP contribution in [0.2, 0.25) is 0 Å². The average molecular weight is 323 g/mol. The summed E-state index contributed by atoms with van der Waals surface area (Å²) >= 11 is 3.36. The lowest BCUT2D eigenvalue weighted by Crippen LogP contribution is -2.33. The van der Waals surface area contributed by atoms with Crippen LogP contribution in [0, 0.1) is 5.92 Å². The highest BCUT2D eigenvalue weighted by Gasteiger charge is 2.27. The van der Waals surface area contributed by atoms with Crippen molar-refractivity contribution >= 4 is 15.9 Å². The van der Waals surface area contributed by atoms with Gasteiger partial charge in [-0.1, -0.05) is 12.1 Å². The van der Waals surface area contributed by atoms with E-state index in [4.69, 9.17) is 4.52 Å². The van der Waals surface area contributed by atoms with E-state index in [-0.39, 0.29) is 6.04 Å². The monoisotopic (exact) mass is 322 g/mol. The van der Waals surface area contributed by atoms with Gasteiger partial charge in [-0.15, -0.1) is 0 Å². The standard InChI is InChI=1S/C13H15BrN4O/c1-8-3-2-6-15-11(8)13-17-12(18-19-13)10-5-4-9(14)7-16-10/h4-5,7-8,11,15H,2-3,6H2,1H3. The Balaban J connectivity index is 1.84. The first-order chi connectivity index (χ1) is 9.24. The first-order valence-corrected chi connectivity index (χ1v) is 7.22. The second-order valence-electron chi connectivity index (χ2n) is 4.87.